The first-order valence-corrected chi connectivity index (χ1v) is 4.77. The Hall–Kier alpha value is -1.51. The highest BCUT2D eigenvalue weighted by molar-refractivity contribution is 5.99. The molecule has 0 saturated carbocycles. The van der Waals surface area contributed by atoms with E-state index in [1.807, 2.05) is 31.2 Å². The highest BCUT2D eigenvalue weighted by Crippen LogP contribution is 2.32. The van der Waals surface area contributed by atoms with Gasteiger partial charge in [-0.3, -0.25) is 4.79 Å². The molecule has 74 valence electrons. The Balaban J connectivity index is 2.42. The van der Waals surface area contributed by atoms with Crippen molar-refractivity contribution in [2.24, 2.45) is 0 Å². The first-order chi connectivity index (χ1) is 6.74. The van der Waals surface area contributed by atoms with Gasteiger partial charge in [-0.05, 0) is 18.6 Å². The number of amides is 1. The zero-order valence-electron chi connectivity index (χ0n) is 8.36. The third-order valence-electron chi connectivity index (χ3n) is 2.47. The molecule has 1 atom stereocenters. The Morgan fingerprint density at radius 2 is 2.14 bits per heavy atom. The second-order valence-corrected chi connectivity index (χ2v) is 3.38. The van der Waals surface area contributed by atoms with Crippen molar-refractivity contribution in [3.8, 4) is 5.75 Å². The molecule has 1 aliphatic rings. The average Bonchev–Trinajstić information content (AvgIpc) is 2.23. The Kier molecular flexibility index (Phi) is 2.15. The van der Waals surface area contributed by atoms with Gasteiger partial charge in [-0.15, -0.1) is 0 Å². The maximum atomic E-state index is 11.7. The van der Waals surface area contributed by atoms with Gasteiger partial charge in [-0.25, -0.2) is 0 Å². The van der Waals surface area contributed by atoms with E-state index in [0.29, 0.717) is 6.42 Å². The van der Waals surface area contributed by atoms with Gasteiger partial charge in [0.2, 0.25) is 0 Å². The summed E-state index contributed by atoms with van der Waals surface area (Å²) in [5, 5.41) is 0. The molecule has 0 radical (unpaired) electrons. The average molecular weight is 191 g/mol. The molecule has 0 N–H and O–H groups in total. The zero-order valence-corrected chi connectivity index (χ0v) is 8.36. The summed E-state index contributed by atoms with van der Waals surface area (Å²) in [6.07, 6.45) is 0.382. The van der Waals surface area contributed by atoms with Crippen molar-refractivity contribution < 1.29 is 9.53 Å². The molecule has 3 heteroatoms. The Bertz CT molecular complexity index is 362. The number of carbonyl (C=O) groups is 1. The van der Waals surface area contributed by atoms with Gasteiger partial charge in [-0.1, -0.05) is 19.1 Å². The van der Waals surface area contributed by atoms with E-state index in [1.165, 1.54) is 0 Å². The van der Waals surface area contributed by atoms with Crippen LogP contribution in [0.2, 0.25) is 0 Å². The number of fused-ring (bicyclic) bond motifs is 1. The Morgan fingerprint density at radius 1 is 1.43 bits per heavy atom. The van der Waals surface area contributed by atoms with Gasteiger partial charge >= 0.3 is 0 Å². The normalized spacial score (nSPS) is 20.3. The van der Waals surface area contributed by atoms with Gasteiger partial charge in [0.15, 0.2) is 6.10 Å². The van der Waals surface area contributed by atoms with Crippen molar-refractivity contribution in [3.63, 3.8) is 0 Å². The lowest BCUT2D eigenvalue weighted by molar-refractivity contribution is -0.126. The molecule has 1 unspecified atom stereocenters. The topological polar surface area (TPSA) is 29.5 Å². The Labute approximate surface area is 83.3 Å². The largest absolute Gasteiger partial charge is 0.478 e. The third kappa shape index (κ3) is 1.25. The number of likely N-dealkylation sites (N-methyl/N-ethyl adjacent to an activating group) is 1. The van der Waals surface area contributed by atoms with Crippen molar-refractivity contribution in [2.75, 3.05) is 11.9 Å². The number of anilines is 1. The molecule has 0 aliphatic carbocycles. The van der Waals surface area contributed by atoms with Crippen LogP contribution in [0.25, 0.3) is 0 Å². The molecular formula is C11H13NO2. The van der Waals surface area contributed by atoms with E-state index in [4.69, 9.17) is 4.74 Å². The fraction of sp³-hybridized carbons (Fsp3) is 0.364. The maximum Gasteiger partial charge on any atom is 0.267 e. The number of benzene rings is 1. The van der Waals surface area contributed by atoms with Crippen molar-refractivity contribution >= 4 is 11.6 Å². The lowest BCUT2D eigenvalue weighted by Gasteiger charge is -2.31. The second-order valence-electron chi connectivity index (χ2n) is 3.38. The molecule has 1 heterocycles. The SMILES string of the molecule is CCC1Oc2ccccc2N(C)C1=O. The standard InChI is InChI=1S/C11H13NO2/c1-3-9-11(13)12(2)8-6-4-5-7-10(8)14-9/h4-7,9H,3H2,1-2H3. The summed E-state index contributed by atoms with van der Waals surface area (Å²) >= 11 is 0. The molecule has 14 heavy (non-hydrogen) atoms. The van der Waals surface area contributed by atoms with Crippen molar-refractivity contribution in [3.05, 3.63) is 24.3 Å². The van der Waals surface area contributed by atoms with Crippen LogP contribution in [-0.2, 0) is 4.79 Å². The summed E-state index contributed by atoms with van der Waals surface area (Å²) in [4.78, 5) is 13.4. The van der Waals surface area contributed by atoms with Crippen LogP contribution in [0, 0.1) is 0 Å². The van der Waals surface area contributed by atoms with E-state index < -0.39 is 0 Å². The molecule has 0 aromatic heterocycles. The summed E-state index contributed by atoms with van der Waals surface area (Å²) in [5.74, 6) is 0.827. The number of hydrogen-bond acceptors (Lipinski definition) is 2. The molecule has 1 aromatic carbocycles. The predicted molar refractivity (Wildman–Crippen MR) is 54.6 cm³/mol. The first kappa shape index (κ1) is 9.06. The highest BCUT2D eigenvalue weighted by atomic mass is 16.5. The minimum absolute atomic E-state index is 0.0335. The Morgan fingerprint density at radius 3 is 2.86 bits per heavy atom. The molecule has 1 aliphatic heterocycles. The minimum atomic E-state index is -0.324. The van der Waals surface area contributed by atoms with Crippen LogP contribution in [0.4, 0.5) is 5.69 Å². The van der Waals surface area contributed by atoms with E-state index >= 15 is 0 Å². The summed E-state index contributed by atoms with van der Waals surface area (Å²) in [5.41, 5.74) is 0.849. The van der Waals surface area contributed by atoms with E-state index in [-0.39, 0.29) is 12.0 Å². The van der Waals surface area contributed by atoms with Gasteiger partial charge in [0, 0.05) is 7.05 Å². The fourth-order valence-corrected chi connectivity index (χ4v) is 1.63. The molecule has 2 rings (SSSR count). The van der Waals surface area contributed by atoms with Gasteiger partial charge in [-0.2, -0.15) is 0 Å². The van der Waals surface area contributed by atoms with E-state index in [9.17, 15) is 4.79 Å². The smallest absolute Gasteiger partial charge is 0.267 e. The minimum Gasteiger partial charge on any atom is -0.478 e. The molecule has 0 spiro atoms. The molecule has 0 bridgehead atoms. The van der Waals surface area contributed by atoms with E-state index in [0.717, 1.165) is 11.4 Å². The van der Waals surface area contributed by atoms with Gasteiger partial charge in [0.25, 0.3) is 5.91 Å². The van der Waals surface area contributed by atoms with Crippen LogP contribution in [0.5, 0.6) is 5.75 Å². The predicted octanol–water partition coefficient (Wildman–Crippen LogP) is 1.82. The molecule has 3 nitrogen and oxygen atoms in total. The number of carbonyl (C=O) groups excluding carboxylic acids is 1. The van der Waals surface area contributed by atoms with Crippen LogP contribution in [0.15, 0.2) is 24.3 Å². The first-order valence-electron chi connectivity index (χ1n) is 4.77. The van der Waals surface area contributed by atoms with E-state index in [2.05, 4.69) is 0 Å². The summed E-state index contributed by atoms with van der Waals surface area (Å²) < 4.78 is 5.57. The maximum absolute atomic E-state index is 11.7. The fourth-order valence-electron chi connectivity index (χ4n) is 1.63. The van der Waals surface area contributed by atoms with Crippen LogP contribution in [0.3, 0.4) is 0 Å². The number of ether oxygens (including phenoxy) is 1. The molecule has 1 aromatic rings. The van der Waals surface area contributed by atoms with Crippen LogP contribution >= 0.6 is 0 Å². The quantitative estimate of drug-likeness (QED) is 0.677. The van der Waals surface area contributed by atoms with Crippen LogP contribution in [0.1, 0.15) is 13.3 Å². The van der Waals surface area contributed by atoms with Crippen molar-refractivity contribution in [2.45, 2.75) is 19.4 Å². The molecule has 0 saturated heterocycles. The lowest BCUT2D eigenvalue weighted by Crippen LogP contribution is -2.43. The summed E-state index contributed by atoms with van der Waals surface area (Å²) in [6.45, 7) is 1.95. The number of rotatable bonds is 1. The van der Waals surface area contributed by atoms with Gasteiger partial charge in [0.05, 0.1) is 5.69 Å². The van der Waals surface area contributed by atoms with Crippen molar-refractivity contribution in [1.82, 2.24) is 0 Å². The molecule has 1 amide bonds. The molecular weight excluding hydrogens is 178 g/mol. The van der Waals surface area contributed by atoms with Crippen LogP contribution < -0.4 is 9.64 Å². The summed E-state index contributed by atoms with van der Waals surface area (Å²) in [6, 6.07) is 7.59. The number of nitrogens with zero attached hydrogens (tertiary/aromatic N) is 1. The van der Waals surface area contributed by atoms with Crippen LogP contribution in [-0.4, -0.2) is 19.1 Å². The van der Waals surface area contributed by atoms with E-state index in [1.54, 1.807) is 11.9 Å². The zero-order chi connectivity index (χ0) is 10.1. The van der Waals surface area contributed by atoms with Gasteiger partial charge < -0.3 is 9.64 Å². The lowest BCUT2D eigenvalue weighted by atomic mass is 10.1. The summed E-state index contributed by atoms with van der Waals surface area (Å²) in [7, 11) is 1.78. The third-order valence-corrected chi connectivity index (χ3v) is 2.47. The van der Waals surface area contributed by atoms with Crippen molar-refractivity contribution in [1.29, 1.82) is 0 Å². The monoisotopic (exact) mass is 191 g/mol. The second kappa shape index (κ2) is 3.33. The number of para-hydroxylation sites is 2. The molecule has 0 fully saturated rings. The highest BCUT2D eigenvalue weighted by Gasteiger charge is 2.30. The van der Waals surface area contributed by atoms with Gasteiger partial charge in [0.1, 0.15) is 5.75 Å². The number of hydrogen-bond donors (Lipinski definition) is 0.